The molecule has 1 fully saturated rings. The van der Waals surface area contributed by atoms with Crippen molar-refractivity contribution in [1.82, 2.24) is 9.97 Å². The molecule has 0 spiro atoms. The van der Waals surface area contributed by atoms with Crippen LogP contribution >= 0.6 is 0 Å². The summed E-state index contributed by atoms with van der Waals surface area (Å²) in [6, 6.07) is 7.89. The molecular formula is C19H24N4O. The molecule has 2 aromatic rings. The highest BCUT2D eigenvalue weighted by Gasteiger charge is 2.29. The summed E-state index contributed by atoms with van der Waals surface area (Å²) in [4.78, 5) is 26.6. The smallest absolute Gasteiger partial charge is 0.228 e. The molecule has 1 aromatic heterocycles. The molecule has 126 valence electrons. The van der Waals surface area contributed by atoms with Crippen molar-refractivity contribution in [2.45, 2.75) is 38.5 Å². The van der Waals surface area contributed by atoms with Crippen LogP contribution in [0.4, 0.5) is 11.6 Å². The molecule has 1 saturated carbocycles. The SMILES string of the molecule is CN1CCCN(C(=O)CC2CCCC2)c2nc3ccccc3nc21. The van der Waals surface area contributed by atoms with Gasteiger partial charge in [0.25, 0.3) is 0 Å². The Morgan fingerprint density at radius 1 is 1.04 bits per heavy atom. The number of carbonyl (C=O) groups is 1. The number of rotatable bonds is 2. The van der Waals surface area contributed by atoms with Crippen molar-refractivity contribution in [3.05, 3.63) is 24.3 Å². The summed E-state index contributed by atoms with van der Waals surface area (Å²) in [5.74, 6) is 2.32. The van der Waals surface area contributed by atoms with Crippen LogP contribution in [0.3, 0.4) is 0 Å². The minimum Gasteiger partial charge on any atom is -0.357 e. The van der Waals surface area contributed by atoms with E-state index in [0.29, 0.717) is 12.3 Å². The molecule has 0 radical (unpaired) electrons. The molecule has 2 aliphatic rings. The third-order valence-corrected chi connectivity index (χ3v) is 5.27. The zero-order valence-electron chi connectivity index (χ0n) is 14.2. The monoisotopic (exact) mass is 324 g/mol. The highest BCUT2D eigenvalue weighted by atomic mass is 16.2. The number of benzene rings is 1. The van der Waals surface area contributed by atoms with Crippen molar-refractivity contribution in [3.8, 4) is 0 Å². The number of hydrogen-bond donors (Lipinski definition) is 0. The molecule has 1 aromatic carbocycles. The third-order valence-electron chi connectivity index (χ3n) is 5.27. The van der Waals surface area contributed by atoms with E-state index in [0.717, 1.165) is 42.2 Å². The van der Waals surface area contributed by atoms with E-state index < -0.39 is 0 Å². The standard InChI is InChI=1S/C19H24N4O/c1-22-11-6-12-23(17(24)13-14-7-2-3-8-14)19-18(22)20-15-9-4-5-10-16(15)21-19/h4-5,9-10,14H,2-3,6-8,11-13H2,1H3. The normalized spacial score (nSPS) is 18.7. The summed E-state index contributed by atoms with van der Waals surface area (Å²) in [5.41, 5.74) is 1.73. The van der Waals surface area contributed by atoms with E-state index >= 15 is 0 Å². The Labute approximate surface area is 142 Å². The van der Waals surface area contributed by atoms with Gasteiger partial charge in [-0.3, -0.25) is 9.69 Å². The van der Waals surface area contributed by atoms with Gasteiger partial charge < -0.3 is 4.90 Å². The molecular weight excluding hydrogens is 300 g/mol. The van der Waals surface area contributed by atoms with Gasteiger partial charge in [0.1, 0.15) is 0 Å². The minimum absolute atomic E-state index is 0.211. The topological polar surface area (TPSA) is 49.3 Å². The van der Waals surface area contributed by atoms with E-state index in [2.05, 4.69) is 4.90 Å². The number of aromatic nitrogens is 2. The lowest BCUT2D eigenvalue weighted by Gasteiger charge is -2.24. The Kier molecular flexibility index (Phi) is 4.08. The van der Waals surface area contributed by atoms with Crippen LogP contribution in [-0.2, 0) is 4.79 Å². The maximum Gasteiger partial charge on any atom is 0.228 e. The molecule has 0 saturated heterocycles. The molecule has 4 rings (SSSR count). The van der Waals surface area contributed by atoms with Crippen LogP contribution in [0.15, 0.2) is 24.3 Å². The van der Waals surface area contributed by atoms with Gasteiger partial charge in [-0.05, 0) is 37.3 Å². The number of para-hydroxylation sites is 2. The molecule has 0 bridgehead atoms. The first-order chi connectivity index (χ1) is 11.7. The lowest BCUT2D eigenvalue weighted by atomic mass is 10.0. The molecule has 24 heavy (non-hydrogen) atoms. The van der Waals surface area contributed by atoms with E-state index in [1.807, 2.05) is 36.2 Å². The average molecular weight is 324 g/mol. The predicted octanol–water partition coefficient (Wildman–Crippen LogP) is 3.38. The summed E-state index contributed by atoms with van der Waals surface area (Å²) in [6.45, 7) is 1.63. The Balaban J connectivity index is 1.71. The number of carbonyl (C=O) groups excluding carboxylic acids is 1. The van der Waals surface area contributed by atoms with E-state index in [-0.39, 0.29) is 5.91 Å². The molecule has 5 nitrogen and oxygen atoms in total. The summed E-state index contributed by atoms with van der Waals surface area (Å²) >= 11 is 0. The third kappa shape index (κ3) is 2.83. The van der Waals surface area contributed by atoms with Gasteiger partial charge in [0.05, 0.1) is 11.0 Å². The van der Waals surface area contributed by atoms with Crippen LogP contribution in [0.2, 0.25) is 0 Å². The van der Waals surface area contributed by atoms with Crippen molar-refractivity contribution >= 4 is 28.6 Å². The van der Waals surface area contributed by atoms with Crippen LogP contribution in [0.5, 0.6) is 0 Å². The lowest BCUT2D eigenvalue weighted by molar-refractivity contribution is -0.119. The van der Waals surface area contributed by atoms with Gasteiger partial charge in [0.15, 0.2) is 11.6 Å². The molecule has 5 heteroatoms. The van der Waals surface area contributed by atoms with Crippen molar-refractivity contribution in [1.29, 1.82) is 0 Å². The van der Waals surface area contributed by atoms with Crippen molar-refractivity contribution < 1.29 is 4.79 Å². The fourth-order valence-corrected chi connectivity index (χ4v) is 3.91. The van der Waals surface area contributed by atoms with Crippen LogP contribution in [-0.4, -0.2) is 36.0 Å². The Morgan fingerprint density at radius 3 is 2.42 bits per heavy atom. The minimum atomic E-state index is 0.211. The number of amides is 1. The number of fused-ring (bicyclic) bond motifs is 2. The summed E-state index contributed by atoms with van der Waals surface area (Å²) in [5, 5.41) is 0. The second-order valence-corrected chi connectivity index (χ2v) is 7.03. The lowest BCUT2D eigenvalue weighted by Crippen LogP contribution is -2.33. The molecule has 0 atom stereocenters. The molecule has 1 aliphatic heterocycles. The first-order valence-electron chi connectivity index (χ1n) is 9.00. The van der Waals surface area contributed by atoms with Crippen LogP contribution in [0.1, 0.15) is 38.5 Å². The zero-order valence-corrected chi connectivity index (χ0v) is 14.2. The average Bonchev–Trinajstić information content (AvgIpc) is 3.04. The van der Waals surface area contributed by atoms with Crippen LogP contribution < -0.4 is 9.80 Å². The zero-order chi connectivity index (χ0) is 16.5. The summed E-state index contributed by atoms with van der Waals surface area (Å²) in [6.07, 6.45) is 6.51. The number of anilines is 2. The maximum absolute atomic E-state index is 13.0. The Morgan fingerprint density at radius 2 is 1.71 bits per heavy atom. The second-order valence-electron chi connectivity index (χ2n) is 7.03. The van der Waals surface area contributed by atoms with E-state index in [1.165, 1.54) is 25.7 Å². The largest absolute Gasteiger partial charge is 0.357 e. The first-order valence-corrected chi connectivity index (χ1v) is 9.00. The number of nitrogens with zero attached hydrogens (tertiary/aromatic N) is 4. The fourth-order valence-electron chi connectivity index (χ4n) is 3.91. The van der Waals surface area contributed by atoms with Gasteiger partial charge >= 0.3 is 0 Å². The van der Waals surface area contributed by atoms with E-state index in [1.54, 1.807) is 0 Å². The van der Waals surface area contributed by atoms with E-state index in [4.69, 9.17) is 9.97 Å². The van der Waals surface area contributed by atoms with Gasteiger partial charge in [0.2, 0.25) is 5.91 Å². The Hall–Kier alpha value is -2.17. The molecule has 0 unspecified atom stereocenters. The van der Waals surface area contributed by atoms with Crippen LogP contribution in [0, 0.1) is 5.92 Å². The quantitative estimate of drug-likeness (QED) is 0.850. The van der Waals surface area contributed by atoms with Gasteiger partial charge in [0, 0.05) is 26.6 Å². The van der Waals surface area contributed by atoms with Crippen molar-refractivity contribution in [2.24, 2.45) is 5.92 Å². The van der Waals surface area contributed by atoms with Gasteiger partial charge in [-0.1, -0.05) is 25.0 Å². The van der Waals surface area contributed by atoms with Crippen LogP contribution in [0.25, 0.3) is 11.0 Å². The van der Waals surface area contributed by atoms with E-state index in [9.17, 15) is 4.79 Å². The Bertz CT molecular complexity index is 754. The highest BCUT2D eigenvalue weighted by Crippen LogP contribution is 2.33. The number of hydrogen-bond acceptors (Lipinski definition) is 4. The van der Waals surface area contributed by atoms with Gasteiger partial charge in [-0.15, -0.1) is 0 Å². The molecule has 2 heterocycles. The maximum atomic E-state index is 13.0. The van der Waals surface area contributed by atoms with Crippen molar-refractivity contribution in [2.75, 3.05) is 29.9 Å². The molecule has 1 amide bonds. The fraction of sp³-hybridized carbons (Fsp3) is 0.526. The second kappa shape index (κ2) is 6.38. The summed E-state index contributed by atoms with van der Waals surface area (Å²) < 4.78 is 0. The summed E-state index contributed by atoms with van der Waals surface area (Å²) in [7, 11) is 2.03. The molecule has 0 N–H and O–H groups in total. The predicted molar refractivity (Wildman–Crippen MR) is 96.4 cm³/mol. The van der Waals surface area contributed by atoms with Gasteiger partial charge in [-0.2, -0.15) is 0 Å². The van der Waals surface area contributed by atoms with Crippen molar-refractivity contribution in [3.63, 3.8) is 0 Å². The first kappa shape index (κ1) is 15.4. The van der Waals surface area contributed by atoms with Gasteiger partial charge in [-0.25, -0.2) is 9.97 Å². The molecule has 1 aliphatic carbocycles. The highest BCUT2D eigenvalue weighted by molar-refractivity contribution is 5.97.